The zero-order valence-corrected chi connectivity index (χ0v) is 16.6. The van der Waals surface area contributed by atoms with Crippen molar-refractivity contribution in [3.63, 3.8) is 0 Å². The predicted octanol–water partition coefficient (Wildman–Crippen LogP) is 3.29. The first-order valence-corrected chi connectivity index (χ1v) is 9.77. The fourth-order valence-electron chi connectivity index (χ4n) is 5.00. The molecule has 2 aliphatic carbocycles. The summed E-state index contributed by atoms with van der Waals surface area (Å²) >= 11 is 6.07. The number of anilines is 2. The van der Waals surface area contributed by atoms with E-state index in [1.54, 1.807) is 0 Å². The number of nitrogens with zero attached hydrogens (tertiary/aromatic N) is 5. The number of fused-ring (bicyclic) bond motifs is 3. The molecule has 1 aliphatic heterocycles. The Morgan fingerprint density at radius 2 is 2.00 bits per heavy atom. The molecule has 2 saturated carbocycles. The van der Waals surface area contributed by atoms with E-state index in [1.165, 1.54) is 31.5 Å². The minimum absolute atomic E-state index is 0.275. The third kappa shape index (κ3) is 2.56. The maximum atomic E-state index is 6.07. The van der Waals surface area contributed by atoms with Crippen LogP contribution in [0.4, 0.5) is 11.8 Å². The monoisotopic (exact) mass is 364 g/mol. The smallest absolute Gasteiger partial charge is 0.207 e. The van der Waals surface area contributed by atoms with Crippen LogP contribution in [0.15, 0.2) is 4.99 Å². The van der Waals surface area contributed by atoms with E-state index in [0.29, 0.717) is 12.0 Å². The number of hydrogen-bond donors (Lipinski definition) is 1. The first kappa shape index (κ1) is 17.2. The summed E-state index contributed by atoms with van der Waals surface area (Å²) in [4.78, 5) is 17.2. The average Bonchev–Trinajstić information content (AvgIpc) is 3.29. The third-order valence-electron chi connectivity index (χ3n) is 6.51. The molecule has 2 bridgehead atoms. The quantitative estimate of drug-likeness (QED) is 0.833. The second kappa shape index (κ2) is 6.16. The second-order valence-electron chi connectivity index (χ2n) is 8.22. The average molecular weight is 365 g/mol. The molecule has 1 aromatic rings. The van der Waals surface area contributed by atoms with Gasteiger partial charge in [0.05, 0.1) is 0 Å². The van der Waals surface area contributed by atoms with Crippen LogP contribution in [0.25, 0.3) is 0 Å². The Hall–Kier alpha value is -1.27. The summed E-state index contributed by atoms with van der Waals surface area (Å²) in [7, 11) is 6.31. The lowest BCUT2D eigenvalue weighted by atomic mass is 9.87. The Kier molecular flexibility index (Phi) is 4.23. The SMILES string of the molecule is CC(C)N(C)c1nc2c(n1C)N(C)C(C1CC3CCC1C3)=NC2NCl. The minimum Gasteiger partial charge on any atom is -0.343 e. The molecule has 0 radical (unpaired) electrons. The Bertz CT molecular complexity index is 696. The van der Waals surface area contributed by atoms with Gasteiger partial charge in [0.1, 0.15) is 17.3 Å². The molecule has 0 amide bonds. The summed E-state index contributed by atoms with van der Waals surface area (Å²) in [6.45, 7) is 4.34. The fourth-order valence-corrected chi connectivity index (χ4v) is 5.15. The molecule has 0 aromatic carbocycles. The van der Waals surface area contributed by atoms with Gasteiger partial charge in [-0.25, -0.2) is 14.8 Å². The maximum absolute atomic E-state index is 6.07. The summed E-state index contributed by atoms with van der Waals surface area (Å²) in [6, 6.07) is 0.376. The zero-order chi connectivity index (χ0) is 17.9. The van der Waals surface area contributed by atoms with Gasteiger partial charge in [0.2, 0.25) is 5.95 Å². The zero-order valence-electron chi connectivity index (χ0n) is 15.8. The van der Waals surface area contributed by atoms with E-state index < -0.39 is 0 Å². The fraction of sp³-hybridized carbons (Fsp3) is 0.778. The summed E-state index contributed by atoms with van der Waals surface area (Å²) < 4.78 is 2.18. The molecule has 7 heteroatoms. The highest BCUT2D eigenvalue weighted by atomic mass is 35.5. The number of aliphatic imine (C=N–C) groups is 1. The van der Waals surface area contributed by atoms with Crippen LogP contribution in [0.1, 0.15) is 51.4 Å². The van der Waals surface area contributed by atoms with Crippen molar-refractivity contribution < 1.29 is 0 Å². The van der Waals surface area contributed by atoms with E-state index in [4.69, 9.17) is 21.8 Å². The molecule has 4 atom stereocenters. The number of hydrogen-bond acceptors (Lipinski definition) is 5. The number of imidazole rings is 1. The molecule has 1 N–H and O–H groups in total. The van der Waals surface area contributed by atoms with Gasteiger partial charge in [0, 0.05) is 33.1 Å². The lowest BCUT2D eigenvalue weighted by Gasteiger charge is -2.35. The number of rotatable bonds is 4. The van der Waals surface area contributed by atoms with Crippen molar-refractivity contribution in [3.8, 4) is 0 Å². The van der Waals surface area contributed by atoms with Crippen molar-refractivity contribution in [1.29, 1.82) is 0 Å². The molecule has 25 heavy (non-hydrogen) atoms. The van der Waals surface area contributed by atoms with Gasteiger partial charge < -0.3 is 9.80 Å². The molecule has 3 aliphatic rings. The number of amidine groups is 1. The van der Waals surface area contributed by atoms with Crippen LogP contribution < -0.4 is 14.6 Å². The van der Waals surface area contributed by atoms with E-state index in [0.717, 1.165) is 29.3 Å². The lowest BCUT2D eigenvalue weighted by Crippen LogP contribution is -2.41. The molecule has 6 nitrogen and oxygen atoms in total. The highest BCUT2D eigenvalue weighted by Crippen LogP contribution is 2.50. The van der Waals surface area contributed by atoms with E-state index in [-0.39, 0.29) is 6.17 Å². The van der Waals surface area contributed by atoms with Crippen LogP contribution in [0.2, 0.25) is 0 Å². The van der Waals surface area contributed by atoms with Crippen LogP contribution in [0.3, 0.4) is 0 Å². The van der Waals surface area contributed by atoms with Crippen LogP contribution in [-0.2, 0) is 7.05 Å². The van der Waals surface area contributed by atoms with Gasteiger partial charge in [0.25, 0.3) is 0 Å². The highest BCUT2D eigenvalue weighted by molar-refractivity contribution is 6.14. The Balaban J connectivity index is 1.73. The van der Waals surface area contributed by atoms with Gasteiger partial charge in [-0.1, -0.05) is 6.42 Å². The van der Waals surface area contributed by atoms with Gasteiger partial charge >= 0.3 is 0 Å². The summed E-state index contributed by atoms with van der Waals surface area (Å²) in [6.07, 6.45) is 5.11. The molecule has 138 valence electrons. The van der Waals surface area contributed by atoms with Gasteiger partial charge in [0.15, 0.2) is 6.17 Å². The van der Waals surface area contributed by atoms with Gasteiger partial charge in [-0.15, -0.1) is 0 Å². The summed E-state index contributed by atoms with van der Waals surface area (Å²) in [5.41, 5.74) is 0.911. The molecule has 4 unspecified atom stereocenters. The third-order valence-corrected chi connectivity index (χ3v) is 6.72. The largest absolute Gasteiger partial charge is 0.343 e. The second-order valence-corrected chi connectivity index (χ2v) is 8.44. The molecule has 0 spiro atoms. The number of nitrogens with one attached hydrogen (secondary N) is 1. The minimum atomic E-state index is -0.275. The summed E-state index contributed by atoms with van der Waals surface area (Å²) in [5, 5.41) is 0. The van der Waals surface area contributed by atoms with Gasteiger partial charge in [-0.05, 0) is 56.7 Å². The highest BCUT2D eigenvalue weighted by Gasteiger charge is 2.45. The number of halogens is 1. The van der Waals surface area contributed by atoms with Crippen molar-refractivity contribution in [2.45, 2.75) is 51.7 Å². The first-order valence-electron chi connectivity index (χ1n) is 9.39. The Morgan fingerprint density at radius 1 is 1.24 bits per heavy atom. The van der Waals surface area contributed by atoms with E-state index >= 15 is 0 Å². The maximum Gasteiger partial charge on any atom is 0.207 e. The molecule has 2 fully saturated rings. The van der Waals surface area contributed by atoms with E-state index in [1.807, 2.05) is 0 Å². The topological polar surface area (TPSA) is 48.7 Å². The molecule has 4 rings (SSSR count). The summed E-state index contributed by atoms with van der Waals surface area (Å²) in [5.74, 6) is 5.48. The number of aromatic nitrogens is 2. The van der Waals surface area contributed by atoms with Crippen molar-refractivity contribution in [1.82, 2.24) is 14.4 Å². The molecule has 0 saturated heterocycles. The van der Waals surface area contributed by atoms with Crippen molar-refractivity contribution in [3.05, 3.63) is 5.69 Å². The van der Waals surface area contributed by atoms with Crippen LogP contribution in [0, 0.1) is 17.8 Å². The van der Waals surface area contributed by atoms with Gasteiger partial charge in [-0.3, -0.25) is 4.57 Å². The van der Waals surface area contributed by atoms with Crippen molar-refractivity contribution >= 4 is 29.4 Å². The molecular weight excluding hydrogens is 336 g/mol. The lowest BCUT2D eigenvalue weighted by molar-refractivity contribution is 0.408. The molecular formula is C18H29ClN6. The molecule has 2 heterocycles. The first-order chi connectivity index (χ1) is 11.9. The van der Waals surface area contributed by atoms with Crippen LogP contribution in [-0.4, -0.2) is 35.5 Å². The Morgan fingerprint density at radius 3 is 2.56 bits per heavy atom. The van der Waals surface area contributed by atoms with E-state index in [2.05, 4.69) is 54.2 Å². The van der Waals surface area contributed by atoms with E-state index in [9.17, 15) is 0 Å². The van der Waals surface area contributed by atoms with Gasteiger partial charge in [-0.2, -0.15) is 0 Å². The normalized spacial score (nSPS) is 30.8. The molecule has 1 aromatic heterocycles. The predicted molar refractivity (Wildman–Crippen MR) is 103 cm³/mol. The van der Waals surface area contributed by atoms with Crippen LogP contribution in [0.5, 0.6) is 0 Å². The van der Waals surface area contributed by atoms with Crippen molar-refractivity contribution in [2.75, 3.05) is 23.9 Å². The standard InChI is InChI=1S/C18H29ClN6/c1-10(2)23(3)18-20-14-15(22-19)21-16(24(4)17(14)25(18)5)13-9-11-6-7-12(13)8-11/h10-13,15,22H,6-9H2,1-5H3. The van der Waals surface area contributed by atoms with Crippen LogP contribution >= 0.6 is 11.8 Å². The Labute approximate surface area is 155 Å². The van der Waals surface area contributed by atoms with Crippen molar-refractivity contribution in [2.24, 2.45) is 29.8 Å².